The van der Waals surface area contributed by atoms with Gasteiger partial charge in [0.25, 0.3) is 5.56 Å². The van der Waals surface area contributed by atoms with E-state index in [9.17, 15) is 9.18 Å². The highest BCUT2D eigenvalue weighted by molar-refractivity contribution is 7.98. The molecular weight excluding hydrogens is 363 g/mol. The number of thioether (sulfide) groups is 1. The van der Waals surface area contributed by atoms with Gasteiger partial charge in [0.1, 0.15) is 11.2 Å². The van der Waals surface area contributed by atoms with Crippen LogP contribution >= 0.6 is 11.8 Å². The van der Waals surface area contributed by atoms with Gasteiger partial charge in [-0.2, -0.15) is 5.10 Å². The molecule has 0 atom stereocenters. The van der Waals surface area contributed by atoms with Crippen molar-refractivity contribution in [1.29, 1.82) is 0 Å². The van der Waals surface area contributed by atoms with Crippen LogP contribution in [0.1, 0.15) is 16.7 Å². The Balaban J connectivity index is 1.72. The zero-order valence-corrected chi connectivity index (χ0v) is 15.7. The van der Waals surface area contributed by atoms with Crippen LogP contribution in [0.3, 0.4) is 0 Å². The molecule has 0 spiro atoms. The Bertz CT molecular complexity index is 1200. The summed E-state index contributed by atoms with van der Waals surface area (Å²) in [6.07, 6.45) is 1.52. The number of H-pyrrole nitrogens is 1. The molecule has 5 nitrogen and oxygen atoms in total. The minimum Gasteiger partial charge on any atom is -0.301 e. The van der Waals surface area contributed by atoms with Crippen molar-refractivity contribution in [3.8, 4) is 5.69 Å². The number of halogens is 1. The Hall–Kier alpha value is -2.93. The fourth-order valence-electron chi connectivity index (χ4n) is 2.77. The molecule has 0 unspecified atom stereocenters. The van der Waals surface area contributed by atoms with Crippen molar-refractivity contribution in [3.05, 3.63) is 81.5 Å². The van der Waals surface area contributed by atoms with E-state index >= 15 is 0 Å². The lowest BCUT2D eigenvalue weighted by Gasteiger charge is -2.07. The van der Waals surface area contributed by atoms with Crippen molar-refractivity contribution in [3.63, 3.8) is 0 Å². The lowest BCUT2D eigenvalue weighted by Crippen LogP contribution is -2.10. The summed E-state index contributed by atoms with van der Waals surface area (Å²) in [7, 11) is 0. The van der Waals surface area contributed by atoms with E-state index in [1.807, 2.05) is 32.0 Å². The van der Waals surface area contributed by atoms with Gasteiger partial charge in [-0.25, -0.2) is 14.1 Å². The number of aromatic amines is 1. The van der Waals surface area contributed by atoms with E-state index in [1.165, 1.54) is 29.6 Å². The first-order valence-electron chi connectivity index (χ1n) is 8.45. The molecule has 2 heterocycles. The van der Waals surface area contributed by atoms with Gasteiger partial charge in [-0.3, -0.25) is 4.79 Å². The van der Waals surface area contributed by atoms with Gasteiger partial charge in [0, 0.05) is 5.75 Å². The molecule has 1 N–H and O–H groups in total. The van der Waals surface area contributed by atoms with Crippen LogP contribution in [0.4, 0.5) is 4.39 Å². The number of nitrogens with one attached hydrogen (secondary N) is 1. The molecular formula is C20H17FN4OS. The molecule has 0 saturated heterocycles. The van der Waals surface area contributed by atoms with Crippen molar-refractivity contribution in [2.75, 3.05) is 0 Å². The van der Waals surface area contributed by atoms with Crippen LogP contribution in [0, 0.1) is 19.7 Å². The molecule has 7 heteroatoms. The molecule has 2 aromatic heterocycles. The number of benzene rings is 2. The molecule has 4 aromatic rings. The average Bonchev–Trinajstić information content (AvgIpc) is 3.08. The predicted octanol–water partition coefficient (Wildman–Crippen LogP) is 4.16. The van der Waals surface area contributed by atoms with Gasteiger partial charge >= 0.3 is 0 Å². The molecule has 0 fully saturated rings. The number of aryl methyl sites for hydroxylation is 2. The van der Waals surface area contributed by atoms with Crippen LogP contribution in [0.2, 0.25) is 0 Å². The van der Waals surface area contributed by atoms with Crippen molar-refractivity contribution < 1.29 is 4.39 Å². The van der Waals surface area contributed by atoms with Crippen LogP contribution in [0.15, 0.2) is 58.6 Å². The van der Waals surface area contributed by atoms with Gasteiger partial charge in [0.15, 0.2) is 10.8 Å². The number of aromatic nitrogens is 4. The quantitative estimate of drug-likeness (QED) is 0.427. The number of fused-ring (bicyclic) bond motifs is 1. The molecule has 0 saturated carbocycles. The minimum absolute atomic E-state index is 0.258. The zero-order chi connectivity index (χ0) is 19.0. The normalized spacial score (nSPS) is 11.2. The second-order valence-electron chi connectivity index (χ2n) is 6.31. The zero-order valence-electron chi connectivity index (χ0n) is 14.9. The summed E-state index contributed by atoms with van der Waals surface area (Å²) in [6, 6.07) is 12.5. The third-order valence-corrected chi connectivity index (χ3v) is 5.40. The predicted molar refractivity (Wildman–Crippen MR) is 105 cm³/mol. The maximum Gasteiger partial charge on any atom is 0.262 e. The lowest BCUT2D eigenvalue weighted by atomic mass is 10.1. The molecule has 0 aliphatic rings. The summed E-state index contributed by atoms with van der Waals surface area (Å²) in [5.41, 5.74) is 3.95. The largest absolute Gasteiger partial charge is 0.301 e. The van der Waals surface area contributed by atoms with Crippen LogP contribution in [0.25, 0.3) is 16.7 Å². The fraction of sp³-hybridized carbons (Fsp3) is 0.150. The number of rotatable bonds is 4. The Morgan fingerprint density at radius 3 is 2.74 bits per heavy atom. The van der Waals surface area contributed by atoms with Crippen molar-refractivity contribution in [1.82, 2.24) is 19.7 Å². The van der Waals surface area contributed by atoms with E-state index in [0.29, 0.717) is 27.5 Å². The van der Waals surface area contributed by atoms with Crippen molar-refractivity contribution >= 4 is 22.8 Å². The lowest BCUT2D eigenvalue weighted by molar-refractivity contribution is 0.617. The summed E-state index contributed by atoms with van der Waals surface area (Å²) < 4.78 is 15.5. The van der Waals surface area contributed by atoms with Crippen LogP contribution in [0.5, 0.6) is 0 Å². The summed E-state index contributed by atoms with van der Waals surface area (Å²) in [6.45, 7) is 4.07. The second kappa shape index (κ2) is 7.00. The number of hydrogen-bond acceptors (Lipinski definition) is 4. The summed E-state index contributed by atoms with van der Waals surface area (Å²) >= 11 is 1.28. The highest BCUT2D eigenvalue weighted by atomic mass is 32.2. The summed E-state index contributed by atoms with van der Waals surface area (Å²) in [4.78, 5) is 19.7. The highest BCUT2D eigenvalue weighted by Crippen LogP contribution is 2.23. The van der Waals surface area contributed by atoms with Gasteiger partial charge in [0.05, 0.1) is 11.9 Å². The van der Waals surface area contributed by atoms with Crippen LogP contribution < -0.4 is 5.56 Å². The van der Waals surface area contributed by atoms with Crippen molar-refractivity contribution in [2.24, 2.45) is 0 Å². The highest BCUT2D eigenvalue weighted by Gasteiger charge is 2.13. The smallest absolute Gasteiger partial charge is 0.262 e. The molecule has 27 heavy (non-hydrogen) atoms. The number of hydrogen-bond donors (Lipinski definition) is 1. The average molecular weight is 380 g/mol. The SMILES string of the molecule is Cc1ccc(-n2ncc3c(=O)[nH]c(SCc4ccccc4F)nc32)cc1C. The van der Waals surface area contributed by atoms with Crippen LogP contribution in [-0.4, -0.2) is 19.7 Å². The van der Waals surface area contributed by atoms with E-state index in [4.69, 9.17) is 0 Å². The summed E-state index contributed by atoms with van der Waals surface area (Å²) in [5.74, 6) is 0.104. The maximum atomic E-state index is 13.8. The summed E-state index contributed by atoms with van der Waals surface area (Å²) in [5, 5.41) is 5.19. The molecule has 0 aliphatic heterocycles. The minimum atomic E-state index is -0.270. The molecule has 0 bridgehead atoms. The Labute approximate surface area is 159 Å². The second-order valence-corrected chi connectivity index (χ2v) is 7.28. The number of nitrogens with zero attached hydrogens (tertiary/aromatic N) is 3. The van der Waals surface area contributed by atoms with Gasteiger partial charge < -0.3 is 4.98 Å². The molecule has 2 aromatic carbocycles. The maximum absolute atomic E-state index is 13.8. The molecule has 0 aliphatic carbocycles. The van der Waals surface area contributed by atoms with Crippen molar-refractivity contribution in [2.45, 2.75) is 24.8 Å². The van der Waals surface area contributed by atoms with E-state index in [1.54, 1.807) is 22.9 Å². The van der Waals surface area contributed by atoms with Gasteiger partial charge in [-0.15, -0.1) is 0 Å². The Morgan fingerprint density at radius 1 is 1.15 bits per heavy atom. The van der Waals surface area contributed by atoms with Gasteiger partial charge in [0.2, 0.25) is 0 Å². The van der Waals surface area contributed by atoms with Crippen LogP contribution in [-0.2, 0) is 5.75 Å². The Kier molecular flexibility index (Phi) is 4.53. The molecule has 0 amide bonds. The van der Waals surface area contributed by atoms with E-state index in [0.717, 1.165) is 11.3 Å². The monoisotopic (exact) mass is 380 g/mol. The molecule has 4 rings (SSSR count). The van der Waals surface area contributed by atoms with Gasteiger partial charge in [-0.05, 0) is 48.7 Å². The van der Waals surface area contributed by atoms with E-state index in [2.05, 4.69) is 15.1 Å². The molecule has 136 valence electrons. The standard InChI is InChI=1S/C20H17FN4OS/c1-12-7-8-15(9-13(12)2)25-18-16(10-22-25)19(26)24-20(23-18)27-11-14-5-3-4-6-17(14)21/h3-10H,11H2,1-2H3,(H,23,24,26). The first-order valence-corrected chi connectivity index (χ1v) is 9.43. The molecule has 0 radical (unpaired) electrons. The topological polar surface area (TPSA) is 63.6 Å². The fourth-order valence-corrected chi connectivity index (χ4v) is 3.62. The van der Waals surface area contributed by atoms with E-state index < -0.39 is 0 Å². The third-order valence-electron chi connectivity index (χ3n) is 4.47. The van der Waals surface area contributed by atoms with E-state index in [-0.39, 0.29) is 11.4 Å². The first-order chi connectivity index (χ1) is 13.0. The Morgan fingerprint density at radius 2 is 1.96 bits per heavy atom. The third kappa shape index (κ3) is 3.38. The first kappa shape index (κ1) is 17.5. The van der Waals surface area contributed by atoms with Gasteiger partial charge in [-0.1, -0.05) is 36.0 Å².